The molecule has 0 bridgehead atoms. The fraction of sp³-hybridized carbons (Fsp3) is 0.286. The number of anilines is 1. The van der Waals surface area contributed by atoms with Crippen LogP contribution in [0, 0.1) is 24.0 Å². The minimum Gasteiger partial charge on any atom is -0.358 e. The topological polar surface area (TPSA) is 81.3 Å². The van der Waals surface area contributed by atoms with Gasteiger partial charge in [-0.05, 0) is 34.5 Å². The summed E-state index contributed by atoms with van der Waals surface area (Å²) in [6.07, 6.45) is 1.28. The van der Waals surface area contributed by atoms with E-state index in [1.807, 2.05) is 31.2 Å². The average Bonchev–Trinajstić information content (AvgIpc) is 2.79. The molecule has 0 saturated heterocycles. The summed E-state index contributed by atoms with van der Waals surface area (Å²) in [7, 11) is 1.68. The molecular formula is C14H16N4O3. The summed E-state index contributed by atoms with van der Waals surface area (Å²) < 4.78 is 1.48. The van der Waals surface area contributed by atoms with E-state index in [-0.39, 0.29) is 18.3 Å². The van der Waals surface area contributed by atoms with Crippen LogP contribution in [0.1, 0.15) is 11.4 Å². The number of nitro groups is 1. The fourth-order valence-electron chi connectivity index (χ4n) is 1.97. The number of aromatic nitrogens is 2. The van der Waals surface area contributed by atoms with Crippen LogP contribution in [0.5, 0.6) is 0 Å². The first kappa shape index (κ1) is 14.7. The van der Waals surface area contributed by atoms with Crippen molar-refractivity contribution in [1.82, 2.24) is 9.55 Å². The van der Waals surface area contributed by atoms with Crippen LogP contribution in [-0.4, -0.2) is 27.4 Å². The number of likely N-dealkylation sites (N-methyl/N-ethyl adjacent to an activating group) is 1. The fourth-order valence-corrected chi connectivity index (χ4v) is 1.97. The molecule has 7 heteroatoms. The predicted octanol–water partition coefficient (Wildman–Crippen LogP) is 2.07. The zero-order valence-electron chi connectivity index (χ0n) is 12.1. The Kier molecular flexibility index (Phi) is 4.02. The third kappa shape index (κ3) is 3.25. The van der Waals surface area contributed by atoms with Gasteiger partial charge >= 0.3 is 5.82 Å². The highest BCUT2D eigenvalue weighted by Crippen LogP contribution is 2.16. The van der Waals surface area contributed by atoms with Crippen LogP contribution >= 0.6 is 0 Å². The van der Waals surface area contributed by atoms with E-state index in [1.165, 1.54) is 15.7 Å². The highest BCUT2D eigenvalue weighted by atomic mass is 16.6. The molecule has 1 aromatic heterocycles. The normalized spacial score (nSPS) is 10.4. The number of benzene rings is 1. The molecule has 110 valence electrons. The molecule has 7 nitrogen and oxygen atoms in total. The van der Waals surface area contributed by atoms with E-state index in [1.54, 1.807) is 14.0 Å². The molecule has 0 fully saturated rings. The van der Waals surface area contributed by atoms with Crippen LogP contribution in [0.15, 0.2) is 30.5 Å². The van der Waals surface area contributed by atoms with Crippen molar-refractivity contribution in [3.8, 4) is 0 Å². The molecule has 2 aromatic rings. The summed E-state index contributed by atoms with van der Waals surface area (Å²) >= 11 is 0. The molecular weight excluding hydrogens is 272 g/mol. The predicted molar refractivity (Wildman–Crippen MR) is 78.2 cm³/mol. The lowest BCUT2D eigenvalue weighted by atomic mass is 10.2. The molecule has 0 radical (unpaired) electrons. The van der Waals surface area contributed by atoms with Crippen LogP contribution in [0.3, 0.4) is 0 Å². The summed E-state index contributed by atoms with van der Waals surface area (Å²) in [4.78, 5) is 27.7. The zero-order chi connectivity index (χ0) is 15.6. The maximum absolute atomic E-state index is 12.3. The molecule has 0 spiro atoms. The van der Waals surface area contributed by atoms with Crippen molar-refractivity contribution in [2.24, 2.45) is 0 Å². The molecule has 1 aromatic carbocycles. The van der Waals surface area contributed by atoms with E-state index in [4.69, 9.17) is 0 Å². The lowest BCUT2D eigenvalue weighted by Gasteiger charge is -2.18. The molecule has 0 aliphatic heterocycles. The third-order valence-corrected chi connectivity index (χ3v) is 3.22. The first-order chi connectivity index (χ1) is 9.88. The van der Waals surface area contributed by atoms with E-state index in [0.717, 1.165) is 11.3 Å². The van der Waals surface area contributed by atoms with Crippen molar-refractivity contribution >= 4 is 17.4 Å². The molecule has 1 heterocycles. The first-order valence-electron chi connectivity index (χ1n) is 6.40. The van der Waals surface area contributed by atoms with Crippen molar-refractivity contribution < 1.29 is 9.72 Å². The van der Waals surface area contributed by atoms with Crippen LogP contribution < -0.4 is 4.90 Å². The molecule has 0 saturated carbocycles. The molecule has 0 unspecified atom stereocenters. The molecule has 0 atom stereocenters. The van der Waals surface area contributed by atoms with E-state index in [9.17, 15) is 14.9 Å². The number of amides is 1. The second-order valence-electron chi connectivity index (χ2n) is 4.82. The number of hydrogen-bond acceptors (Lipinski definition) is 4. The molecule has 0 aliphatic carbocycles. The number of nitrogens with zero attached hydrogens (tertiary/aromatic N) is 4. The van der Waals surface area contributed by atoms with E-state index in [0.29, 0.717) is 5.82 Å². The first-order valence-corrected chi connectivity index (χ1v) is 6.40. The minimum absolute atomic E-state index is 0.0110. The van der Waals surface area contributed by atoms with E-state index >= 15 is 0 Å². The van der Waals surface area contributed by atoms with Gasteiger partial charge in [0.1, 0.15) is 12.7 Å². The maximum Gasteiger partial charge on any atom is 0.381 e. The van der Waals surface area contributed by atoms with Gasteiger partial charge in [0, 0.05) is 19.7 Å². The number of carbonyl (C=O) groups excluding carboxylic acids is 1. The van der Waals surface area contributed by atoms with Gasteiger partial charge in [-0.2, -0.15) is 0 Å². The molecule has 21 heavy (non-hydrogen) atoms. The Morgan fingerprint density at radius 3 is 2.71 bits per heavy atom. The summed E-state index contributed by atoms with van der Waals surface area (Å²) in [6.45, 7) is 3.59. The number of rotatable bonds is 4. The Morgan fingerprint density at radius 2 is 2.14 bits per heavy atom. The Balaban J connectivity index is 2.16. The minimum atomic E-state index is -0.571. The molecule has 0 N–H and O–H groups in total. The smallest absolute Gasteiger partial charge is 0.358 e. The summed E-state index contributed by atoms with van der Waals surface area (Å²) in [5.41, 5.74) is 1.84. The van der Waals surface area contributed by atoms with Crippen molar-refractivity contribution in [3.05, 3.63) is 52.0 Å². The third-order valence-electron chi connectivity index (χ3n) is 3.22. The summed E-state index contributed by atoms with van der Waals surface area (Å²) in [5, 5.41) is 10.7. The van der Waals surface area contributed by atoms with Gasteiger partial charge in [0.25, 0.3) is 0 Å². The van der Waals surface area contributed by atoms with E-state index < -0.39 is 4.92 Å². The van der Waals surface area contributed by atoms with Gasteiger partial charge in [0.2, 0.25) is 11.7 Å². The van der Waals surface area contributed by atoms with Crippen molar-refractivity contribution in [2.75, 3.05) is 11.9 Å². The van der Waals surface area contributed by atoms with Crippen molar-refractivity contribution in [1.29, 1.82) is 0 Å². The lowest BCUT2D eigenvalue weighted by Crippen LogP contribution is -2.30. The standard InChI is InChI=1S/C14H16N4O3/c1-10-5-4-6-12(7-10)16(3)14(19)9-17-8-13(18(20)21)15-11(17)2/h4-8H,9H2,1-3H3. The van der Waals surface area contributed by atoms with Gasteiger partial charge in [-0.3, -0.25) is 9.36 Å². The average molecular weight is 288 g/mol. The number of carbonyl (C=O) groups is 1. The van der Waals surface area contributed by atoms with Gasteiger partial charge in [-0.25, -0.2) is 0 Å². The largest absolute Gasteiger partial charge is 0.381 e. The van der Waals surface area contributed by atoms with Gasteiger partial charge in [-0.15, -0.1) is 0 Å². The van der Waals surface area contributed by atoms with Gasteiger partial charge in [-0.1, -0.05) is 12.1 Å². The van der Waals surface area contributed by atoms with Crippen LogP contribution in [0.25, 0.3) is 0 Å². The van der Waals surface area contributed by atoms with Crippen molar-refractivity contribution in [3.63, 3.8) is 0 Å². The number of aryl methyl sites for hydroxylation is 2. The number of hydrogen-bond donors (Lipinski definition) is 0. The second-order valence-corrected chi connectivity index (χ2v) is 4.82. The van der Waals surface area contributed by atoms with Crippen LogP contribution in [-0.2, 0) is 11.3 Å². The zero-order valence-corrected chi connectivity index (χ0v) is 12.1. The van der Waals surface area contributed by atoms with Gasteiger partial charge in [0.15, 0.2) is 0 Å². The van der Waals surface area contributed by atoms with Gasteiger partial charge in [0.05, 0.1) is 0 Å². The van der Waals surface area contributed by atoms with Crippen molar-refractivity contribution in [2.45, 2.75) is 20.4 Å². The Bertz CT molecular complexity index is 693. The lowest BCUT2D eigenvalue weighted by molar-refractivity contribution is -0.389. The van der Waals surface area contributed by atoms with E-state index in [2.05, 4.69) is 4.98 Å². The molecule has 1 amide bonds. The summed E-state index contributed by atoms with van der Waals surface area (Å²) in [6, 6.07) is 7.57. The number of imidazole rings is 1. The second kappa shape index (κ2) is 5.74. The monoisotopic (exact) mass is 288 g/mol. The van der Waals surface area contributed by atoms with Gasteiger partial charge < -0.3 is 15.0 Å². The molecule has 2 rings (SSSR count). The summed E-state index contributed by atoms with van der Waals surface area (Å²) in [5.74, 6) is 0.0159. The Labute approximate surface area is 122 Å². The molecule has 0 aliphatic rings. The quantitative estimate of drug-likeness (QED) is 0.637. The Morgan fingerprint density at radius 1 is 1.43 bits per heavy atom. The highest BCUT2D eigenvalue weighted by molar-refractivity contribution is 5.92. The Hall–Kier alpha value is -2.70. The van der Waals surface area contributed by atoms with Crippen LogP contribution in [0.2, 0.25) is 0 Å². The van der Waals surface area contributed by atoms with Crippen LogP contribution in [0.4, 0.5) is 11.5 Å². The SMILES string of the molecule is Cc1cccc(N(C)C(=O)Cn2cc([N+](=O)[O-])nc2C)c1. The maximum atomic E-state index is 12.3. The highest BCUT2D eigenvalue weighted by Gasteiger charge is 2.19.